The normalized spacial score (nSPS) is 26.2. The fourth-order valence-electron chi connectivity index (χ4n) is 3.83. The number of hydrogen-bond acceptors (Lipinski definition) is 3. The zero-order chi connectivity index (χ0) is 15.0. The third-order valence-corrected chi connectivity index (χ3v) is 5.14. The lowest BCUT2D eigenvalue weighted by molar-refractivity contribution is -0.159. The van der Waals surface area contributed by atoms with Gasteiger partial charge in [0.15, 0.2) is 6.10 Å². The van der Waals surface area contributed by atoms with Crippen LogP contribution in [0.15, 0.2) is 30.3 Å². The zero-order valence-corrected chi connectivity index (χ0v) is 12.7. The number of hydrogen-bond donors (Lipinski definition) is 0. The molecule has 0 aromatic heterocycles. The second-order valence-corrected chi connectivity index (χ2v) is 6.34. The lowest BCUT2D eigenvalue weighted by atomic mass is 9.74. The molecule has 0 bridgehead atoms. The van der Waals surface area contributed by atoms with Crippen LogP contribution < -0.4 is 0 Å². The number of piperidine rings is 1. The SMILES string of the molecule is O=C([C@H]1COCCO1)N1CCC2(C=Cc3ccccc32)CC1. The standard InChI is InChI=1S/C18H21NO3/c20-17(16-13-21-11-12-22-16)19-9-7-18(8-10-19)6-5-14-3-1-2-4-15(14)18/h1-6,16H,7-13H2/t16-/m1/s1. The van der Waals surface area contributed by atoms with Crippen molar-refractivity contribution in [3.8, 4) is 0 Å². The van der Waals surface area contributed by atoms with E-state index in [1.54, 1.807) is 0 Å². The predicted molar refractivity (Wildman–Crippen MR) is 83.5 cm³/mol. The van der Waals surface area contributed by atoms with E-state index in [0.717, 1.165) is 25.9 Å². The molecular formula is C18H21NO3. The minimum absolute atomic E-state index is 0.0878. The van der Waals surface area contributed by atoms with Gasteiger partial charge >= 0.3 is 0 Å². The largest absolute Gasteiger partial charge is 0.376 e. The van der Waals surface area contributed by atoms with Crippen molar-refractivity contribution in [3.05, 3.63) is 41.5 Å². The molecule has 1 spiro atoms. The summed E-state index contributed by atoms with van der Waals surface area (Å²) in [6.07, 6.45) is 6.12. The Morgan fingerprint density at radius 1 is 1.18 bits per heavy atom. The fourth-order valence-corrected chi connectivity index (χ4v) is 3.83. The van der Waals surface area contributed by atoms with Crippen molar-refractivity contribution in [1.82, 2.24) is 4.90 Å². The second kappa shape index (κ2) is 5.52. The number of carbonyl (C=O) groups excluding carboxylic acids is 1. The Morgan fingerprint density at radius 3 is 2.77 bits per heavy atom. The summed E-state index contributed by atoms with van der Waals surface area (Å²) in [5, 5.41) is 0. The number of likely N-dealkylation sites (tertiary alicyclic amines) is 1. The van der Waals surface area contributed by atoms with Crippen molar-refractivity contribution < 1.29 is 14.3 Å². The van der Waals surface area contributed by atoms with Crippen molar-refractivity contribution >= 4 is 12.0 Å². The van der Waals surface area contributed by atoms with Gasteiger partial charge in [-0.3, -0.25) is 4.79 Å². The molecule has 1 aromatic rings. The maximum Gasteiger partial charge on any atom is 0.254 e. The molecule has 1 amide bonds. The van der Waals surface area contributed by atoms with Crippen LogP contribution in [-0.4, -0.2) is 49.8 Å². The van der Waals surface area contributed by atoms with E-state index < -0.39 is 6.10 Å². The summed E-state index contributed by atoms with van der Waals surface area (Å²) in [7, 11) is 0. The third-order valence-electron chi connectivity index (χ3n) is 5.14. The minimum Gasteiger partial charge on any atom is -0.376 e. The minimum atomic E-state index is -0.408. The molecule has 2 fully saturated rings. The summed E-state index contributed by atoms with van der Waals surface area (Å²) < 4.78 is 10.9. The molecule has 0 saturated carbocycles. The number of carbonyl (C=O) groups is 1. The van der Waals surface area contributed by atoms with Gasteiger partial charge in [-0.15, -0.1) is 0 Å². The van der Waals surface area contributed by atoms with Crippen molar-refractivity contribution in [2.24, 2.45) is 0 Å². The molecule has 22 heavy (non-hydrogen) atoms. The number of benzene rings is 1. The van der Waals surface area contributed by atoms with Gasteiger partial charge in [0.05, 0.1) is 19.8 Å². The molecular weight excluding hydrogens is 278 g/mol. The van der Waals surface area contributed by atoms with Gasteiger partial charge in [0.2, 0.25) is 0 Å². The summed E-state index contributed by atoms with van der Waals surface area (Å²) in [4.78, 5) is 14.4. The third kappa shape index (κ3) is 2.27. The smallest absolute Gasteiger partial charge is 0.254 e. The maximum atomic E-state index is 12.5. The second-order valence-electron chi connectivity index (χ2n) is 6.34. The lowest BCUT2D eigenvalue weighted by Crippen LogP contribution is -2.50. The van der Waals surface area contributed by atoms with E-state index in [0.29, 0.717) is 19.8 Å². The molecule has 4 nitrogen and oxygen atoms in total. The van der Waals surface area contributed by atoms with Crippen LogP contribution in [0.1, 0.15) is 24.0 Å². The topological polar surface area (TPSA) is 38.8 Å². The number of allylic oxidation sites excluding steroid dienone is 1. The van der Waals surface area contributed by atoms with Gasteiger partial charge in [-0.2, -0.15) is 0 Å². The van der Waals surface area contributed by atoms with Crippen molar-refractivity contribution in [2.45, 2.75) is 24.4 Å². The van der Waals surface area contributed by atoms with Crippen LogP contribution in [-0.2, 0) is 19.7 Å². The van der Waals surface area contributed by atoms with E-state index in [9.17, 15) is 4.79 Å². The molecule has 0 unspecified atom stereocenters. The van der Waals surface area contributed by atoms with Gasteiger partial charge in [-0.25, -0.2) is 0 Å². The van der Waals surface area contributed by atoms with E-state index >= 15 is 0 Å². The number of rotatable bonds is 1. The molecule has 1 aromatic carbocycles. The fraction of sp³-hybridized carbons (Fsp3) is 0.500. The van der Waals surface area contributed by atoms with Crippen LogP contribution in [0.3, 0.4) is 0 Å². The molecule has 116 valence electrons. The molecule has 4 rings (SSSR count). The summed E-state index contributed by atoms with van der Waals surface area (Å²) in [5.41, 5.74) is 2.86. The molecule has 0 N–H and O–H groups in total. The molecule has 0 radical (unpaired) electrons. The van der Waals surface area contributed by atoms with Gasteiger partial charge in [0.25, 0.3) is 5.91 Å². The molecule has 2 aliphatic heterocycles. The Hall–Kier alpha value is -1.65. The van der Waals surface area contributed by atoms with Crippen molar-refractivity contribution in [3.63, 3.8) is 0 Å². The average Bonchev–Trinajstić information content (AvgIpc) is 2.95. The maximum absolute atomic E-state index is 12.5. The zero-order valence-electron chi connectivity index (χ0n) is 12.7. The van der Waals surface area contributed by atoms with E-state index in [1.807, 2.05) is 4.90 Å². The number of amides is 1. The Morgan fingerprint density at radius 2 is 2.00 bits per heavy atom. The number of nitrogens with zero attached hydrogens (tertiary/aromatic N) is 1. The van der Waals surface area contributed by atoms with Crippen LogP contribution in [0.5, 0.6) is 0 Å². The van der Waals surface area contributed by atoms with Crippen molar-refractivity contribution in [2.75, 3.05) is 32.9 Å². The first kappa shape index (κ1) is 14.0. The summed E-state index contributed by atoms with van der Waals surface area (Å²) in [6.45, 7) is 3.08. The molecule has 2 saturated heterocycles. The summed E-state index contributed by atoms with van der Waals surface area (Å²) >= 11 is 0. The highest BCUT2D eigenvalue weighted by atomic mass is 16.6. The monoisotopic (exact) mass is 299 g/mol. The van der Waals surface area contributed by atoms with Gasteiger partial charge in [0.1, 0.15) is 0 Å². The Bertz CT molecular complexity index is 596. The van der Waals surface area contributed by atoms with Crippen LogP contribution in [0.2, 0.25) is 0 Å². The Kier molecular flexibility index (Phi) is 3.51. The highest BCUT2D eigenvalue weighted by molar-refractivity contribution is 5.81. The highest BCUT2D eigenvalue weighted by Gasteiger charge is 2.40. The quantitative estimate of drug-likeness (QED) is 0.796. The molecule has 1 atom stereocenters. The van der Waals surface area contributed by atoms with E-state index in [4.69, 9.17) is 9.47 Å². The number of ether oxygens (including phenoxy) is 2. The molecule has 4 heteroatoms. The first-order valence-corrected chi connectivity index (χ1v) is 8.05. The van der Waals surface area contributed by atoms with Crippen LogP contribution in [0.4, 0.5) is 0 Å². The summed E-state index contributed by atoms with van der Waals surface area (Å²) in [6, 6.07) is 8.59. The van der Waals surface area contributed by atoms with Gasteiger partial charge in [-0.05, 0) is 24.0 Å². The van der Waals surface area contributed by atoms with Crippen molar-refractivity contribution in [1.29, 1.82) is 0 Å². The molecule has 3 aliphatic rings. The van der Waals surface area contributed by atoms with E-state index in [2.05, 4.69) is 36.4 Å². The van der Waals surface area contributed by atoms with Crippen LogP contribution in [0.25, 0.3) is 6.08 Å². The average molecular weight is 299 g/mol. The van der Waals surface area contributed by atoms with Gasteiger partial charge in [0, 0.05) is 18.5 Å². The van der Waals surface area contributed by atoms with Gasteiger partial charge < -0.3 is 14.4 Å². The van der Waals surface area contributed by atoms with Crippen LogP contribution in [0, 0.1) is 0 Å². The van der Waals surface area contributed by atoms with E-state index in [1.165, 1.54) is 11.1 Å². The van der Waals surface area contributed by atoms with E-state index in [-0.39, 0.29) is 11.3 Å². The lowest BCUT2D eigenvalue weighted by Gasteiger charge is -2.40. The summed E-state index contributed by atoms with van der Waals surface area (Å²) in [5.74, 6) is 0.0878. The Balaban J connectivity index is 1.45. The number of fused-ring (bicyclic) bond motifs is 2. The van der Waals surface area contributed by atoms with Gasteiger partial charge in [-0.1, -0.05) is 36.4 Å². The predicted octanol–water partition coefficient (Wildman–Crippen LogP) is 1.99. The first-order valence-electron chi connectivity index (χ1n) is 8.05. The van der Waals surface area contributed by atoms with Crippen LogP contribution >= 0.6 is 0 Å². The Labute approximate surface area is 130 Å². The molecule has 2 heterocycles. The highest BCUT2D eigenvalue weighted by Crippen LogP contribution is 2.43. The molecule has 1 aliphatic carbocycles. The first-order chi connectivity index (χ1) is 10.8.